The zero-order valence-electron chi connectivity index (χ0n) is 13.0. The molecule has 3 unspecified atom stereocenters. The lowest BCUT2D eigenvalue weighted by Gasteiger charge is -2.36. The highest BCUT2D eigenvalue weighted by molar-refractivity contribution is 5.74. The van der Waals surface area contributed by atoms with Crippen molar-refractivity contribution in [2.75, 3.05) is 0 Å². The molecule has 3 atom stereocenters. The second kappa shape index (κ2) is 6.16. The first-order chi connectivity index (χ1) is 10.2. The minimum atomic E-state index is 0.313. The van der Waals surface area contributed by atoms with Gasteiger partial charge in [-0.25, -0.2) is 4.98 Å². The number of benzene rings is 1. The number of hydrogen-bond donors (Lipinski definition) is 2. The molecule has 1 aromatic carbocycles. The van der Waals surface area contributed by atoms with Gasteiger partial charge in [-0.05, 0) is 49.1 Å². The largest absolute Gasteiger partial charge is 0.329 e. The molecule has 2 aromatic rings. The third kappa shape index (κ3) is 3.11. The molecule has 3 rings (SSSR count). The molecule has 1 aromatic heterocycles. The Labute approximate surface area is 126 Å². The molecule has 1 saturated carbocycles. The van der Waals surface area contributed by atoms with E-state index in [-0.39, 0.29) is 0 Å². The zero-order chi connectivity index (χ0) is 14.8. The van der Waals surface area contributed by atoms with Crippen LogP contribution in [0.1, 0.15) is 33.1 Å². The smallest absolute Gasteiger partial charge is 0.0958 e. The number of nitrogens with one attached hydrogen (secondary N) is 1. The lowest BCUT2D eigenvalue weighted by molar-refractivity contribution is 0.167. The van der Waals surface area contributed by atoms with Crippen LogP contribution in [-0.4, -0.2) is 15.6 Å². The third-order valence-electron chi connectivity index (χ3n) is 4.92. The molecule has 1 fully saturated rings. The number of para-hydroxylation sites is 2. The normalized spacial score (nSPS) is 27.9. The van der Waals surface area contributed by atoms with E-state index in [1.165, 1.54) is 24.8 Å². The molecule has 1 aliphatic rings. The molecule has 0 saturated heterocycles. The van der Waals surface area contributed by atoms with Crippen LogP contribution in [-0.2, 0) is 6.54 Å². The van der Waals surface area contributed by atoms with Crippen LogP contribution in [0, 0.1) is 17.8 Å². The second-order valence-corrected chi connectivity index (χ2v) is 6.84. The highest BCUT2D eigenvalue weighted by atomic mass is 15.3. The summed E-state index contributed by atoms with van der Waals surface area (Å²) >= 11 is 0. The molecule has 0 spiro atoms. The van der Waals surface area contributed by atoms with Crippen molar-refractivity contribution in [2.45, 2.75) is 45.7 Å². The van der Waals surface area contributed by atoms with Crippen LogP contribution in [0.4, 0.5) is 0 Å². The van der Waals surface area contributed by atoms with Crippen LogP contribution >= 0.6 is 0 Å². The molecular formula is C17H26N4. The van der Waals surface area contributed by atoms with E-state index in [2.05, 4.69) is 47.0 Å². The fourth-order valence-corrected chi connectivity index (χ4v) is 4.04. The summed E-state index contributed by atoms with van der Waals surface area (Å²) in [4.78, 5) is 4.48. The summed E-state index contributed by atoms with van der Waals surface area (Å²) in [5.74, 6) is 8.12. The molecule has 3 N–H and O–H groups in total. The first-order valence-corrected chi connectivity index (χ1v) is 8.03. The SMILES string of the molecule is CC1CC(C)CC(C(Cn2cnc3ccccc32)NN)C1. The summed E-state index contributed by atoms with van der Waals surface area (Å²) in [5.41, 5.74) is 5.31. The van der Waals surface area contributed by atoms with Crippen molar-refractivity contribution in [3.63, 3.8) is 0 Å². The van der Waals surface area contributed by atoms with Gasteiger partial charge in [0.05, 0.1) is 17.4 Å². The maximum atomic E-state index is 5.87. The van der Waals surface area contributed by atoms with Crippen molar-refractivity contribution in [3.05, 3.63) is 30.6 Å². The number of imidazole rings is 1. The Kier molecular flexibility index (Phi) is 4.27. The maximum absolute atomic E-state index is 5.87. The molecule has 21 heavy (non-hydrogen) atoms. The number of hydrogen-bond acceptors (Lipinski definition) is 3. The Morgan fingerprint density at radius 2 is 1.95 bits per heavy atom. The van der Waals surface area contributed by atoms with Gasteiger partial charge in [-0.3, -0.25) is 11.3 Å². The number of nitrogens with two attached hydrogens (primary N) is 1. The molecule has 1 aliphatic carbocycles. The molecule has 0 radical (unpaired) electrons. The van der Waals surface area contributed by atoms with Crippen molar-refractivity contribution in [1.29, 1.82) is 0 Å². The van der Waals surface area contributed by atoms with Crippen molar-refractivity contribution < 1.29 is 0 Å². The van der Waals surface area contributed by atoms with E-state index < -0.39 is 0 Å². The summed E-state index contributed by atoms with van der Waals surface area (Å²) in [6.45, 7) is 5.62. The molecule has 4 heteroatoms. The van der Waals surface area contributed by atoms with E-state index in [4.69, 9.17) is 5.84 Å². The number of nitrogens with zero attached hydrogens (tertiary/aromatic N) is 2. The predicted octanol–water partition coefficient (Wildman–Crippen LogP) is 2.94. The minimum absolute atomic E-state index is 0.313. The van der Waals surface area contributed by atoms with E-state index in [0.29, 0.717) is 12.0 Å². The van der Waals surface area contributed by atoms with Crippen molar-refractivity contribution in [2.24, 2.45) is 23.6 Å². The summed E-state index contributed by atoms with van der Waals surface area (Å²) in [7, 11) is 0. The van der Waals surface area contributed by atoms with E-state index in [9.17, 15) is 0 Å². The molecule has 0 amide bonds. The molecular weight excluding hydrogens is 260 g/mol. The summed E-state index contributed by atoms with van der Waals surface area (Å²) in [6.07, 6.45) is 5.82. The van der Waals surface area contributed by atoms with Gasteiger partial charge in [-0.15, -0.1) is 0 Å². The molecule has 4 nitrogen and oxygen atoms in total. The third-order valence-corrected chi connectivity index (χ3v) is 4.92. The van der Waals surface area contributed by atoms with Crippen LogP contribution < -0.4 is 11.3 Å². The first kappa shape index (κ1) is 14.5. The van der Waals surface area contributed by atoms with Gasteiger partial charge in [0.1, 0.15) is 0 Å². The monoisotopic (exact) mass is 286 g/mol. The lowest BCUT2D eigenvalue weighted by Crippen LogP contribution is -2.46. The number of rotatable bonds is 4. The van der Waals surface area contributed by atoms with E-state index in [1.54, 1.807) is 0 Å². The van der Waals surface area contributed by atoms with Gasteiger partial charge in [0.2, 0.25) is 0 Å². The molecule has 1 heterocycles. The van der Waals surface area contributed by atoms with Gasteiger partial charge >= 0.3 is 0 Å². The summed E-state index contributed by atoms with van der Waals surface area (Å²) < 4.78 is 2.23. The first-order valence-electron chi connectivity index (χ1n) is 8.03. The van der Waals surface area contributed by atoms with Crippen LogP contribution in [0.15, 0.2) is 30.6 Å². The van der Waals surface area contributed by atoms with E-state index >= 15 is 0 Å². The average Bonchev–Trinajstić information content (AvgIpc) is 2.87. The Morgan fingerprint density at radius 3 is 2.67 bits per heavy atom. The van der Waals surface area contributed by atoms with Crippen LogP contribution in [0.25, 0.3) is 11.0 Å². The molecule has 0 bridgehead atoms. The quantitative estimate of drug-likeness (QED) is 0.671. The summed E-state index contributed by atoms with van der Waals surface area (Å²) in [6, 6.07) is 8.59. The van der Waals surface area contributed by atoms with E-state index in [0.717, 1.165) is 23.9 Å². The van der Waals surface area contributed by atoms with Gasteiger partial charge in [-0.1, -0.05) is 26.0 Å². The number of fused-ring (bicyclic) bond motifs is 1. The van der Waals surface area contributed by atoms with Gasteiger partial charge < -0.3 is 4.57 Å². The lowest BCUT2D eigenvalue weighted by atomic mass is 9.74. The standard InChI is InChI=1S/C17H26N4/c1-12-7-13(2)9-14(8-12)16(20-18)10-21-11-19-15-5-3-4-6-17(15)21/h3-6,11-14,16,20H,7-10,18H2,1-2H3. The van der Waals surface area contributed by atoms with Crippen molar-refractivity contribution >= 4 is 11.0 Å². The Morgan fingerprint density at radius 1 is 1.24 bits per heavy atom. The maximum Gasteiger partial charge on any atom is 0.0958 e. The number of aromatic nitrogens is 2. The Hall–Kier alpha value is -1.39. The van der Waals surface area contributed by atoms with Crippen molar-refractivity contribution in [3.8, 4) is 0 Å². The van der Waals surface area contributed by atoms with Crippen LogP contribution in [0.2, 0.25) is 0 Å². The zero-order valence-corrected chi connectivity index (χ0v) is 13.0. The molecule has 114 valence electrons. The Bertz CT molecular complexity index is 581. The van der Waals surface area contributed by atoms with Gasteiger partial charge in [0.15, 0.2) is 0 Å². The van der Waals surface area contributed by atoms with Crippen LogP contribution in [0.5, 0.6) is 0 Å². The number of hydrazine groups is 1. The van der Waals surface area contributed by atoms with Crippen molar-refractivity contribution in [1.82, 2.24) is 15.0 Å². The van der Waals surface area contributed by atoms with Gasteiger partial charge in [-0.2, -0.15) is 0 Å². The van der Waals surface area contributed by atoms with Gasteiger partial charge in [0, 0.05) is 12.6 Å². The second-order valence-electron chi connectivity index (χ2n) is 6.84. The Balaban J connectivity index is 1.78. The van der Waals surface area contributed by atoms with E-state index in [1.807, 2.05) is 12.4 Å². The van der Waals surface area contributed by atoms with Crippen LogP contribution in [0.3, 0.4) is 0 Å². The fraction of sp³-hybridized carbons (Fsp3) is 0.588. The van der Waals surface area contributed by atoms with Gasteiger partial charge in [0.25, 0.3) is 0 Å². The molecule has 0 aliphatic heterocycles. The summed E-state index contributed by atoms with van der Waals surface area (Å²) in [5, 5.41) is 0. The predicted molar refractivity (Wildman–Crippen MR) is 86.5 cm³/mol. The average molecular weight is 286 g/mol. The topological polar surface area (TPSA) is 55.9 Å². The highest BCUT2D eigenvalue weighted by Crippen LogP contribution is 2.35. The fourth-order valence-electron chi connectivity index (χ4n) is 4.04. The highest BCUT2D eigenvalue weighted by Gasteiger charge is 2.29. The minimum Gasteiger partial charge on any atom is -0.329 e.